The van der Waals surface area contributed by atoms with Crippen molar-refractivity contribution in [3.05, 3.63) is 0 Å². The van der Waals surface area contributed by atoms with Crippen molar-refractivity contribution >= 4 is 54.2 Å². The third kappa shape index (κ3) is 12.8. The molecule has 0 radical (unpaired) electrons. The van der Waals surface area contributed by atoms with Crippen LogP contribution in [0.3, 0.4) is 0 Å². The van der Waals surface area contributed by atoms with Crippen LogP contribution in [-0.2, 0) is 33.6 Å². The maximum Gasteiger partial charge on any atom is 0.326 e. The number of carbonyl (C=O) groups is 7. The summed E-state index contributed by atoms with van der Waals surface area (Å²) in [5.74, 6) is -8.84. The lowest BCUT2D eigenvalue weighted by atomic mass is 9.97. The van der Waals surface area contributed by atoms with Gasteiger partial charge < -0.3 is 47.4 Å². The van der Waals surface area contributed by atoms with Gasteiger partial charge in [0.15, 0.2) is 0 Å². The standard InChI is InChI=1S/C22H37N5O11S/c1-4-9(2)16(26-18(33)11(23)8-39)20(35)24-12(5-6-14(29)30)19(34)27-17(10(3)28)21(36)25-13(22(37)38)7-15(31)32/h9-13,16-17,28,39H,4-8,23H2,1-3H3,(H,24,35)(H,25,36)(H,26,33)(H,27,34)(H,29,30)(H,31,32)(H,37,38)/t9-,10+,11-,12-,13-,16-,17-/m0/s1. The molecule has 0 unspecified atom stereocenters. The normalized spacial score (nSPS) is 16.3. The van der Waals surface area contributed by atoms with Gasteiger partial charge in [-0.3, -0.25) is 28.8 Å². The Kier molecular flexibility index (Phi) is 15.7. The average Bonchev–Trinajstić information content (AvgIpc) is 2.85. The van der Waals surface area contributed by atoms with Crippen LogP contribution in [0.4, 0.5) is 0 Å². The molecular formula is C22H37N5O11S. The number of thiol groups is 1. The second kappa shape index (κ2) is 17.2. The molecular weight excluding hydrogens is 542 g/mol. The number of aliphatic carboxylic acids is 3. The van der Waals surface area contributed by atoms with E-state index >= 15 is 0 Å². The largest absolute Gasteiger partial charge is 0.481 e. The van der Waals surface area contributed by atoms with E-state index in [-0.39, 0.29) is 5.75 Å². The van der Waals surface area contributed by atoms with Crippen molar-refractivity contribution in [2.24, 2.45) is 11.7 Å². The summed E-state index contributed by atoms with van der Waals surface area (Å²) in [4.78, 5) is 84.2. The van der Waals surface area contributed by atoms with Gasteiger partial charge in [0, 0.05) is 12.2 Å². The zero-order valence-electron chi connectivity index (χ0n) is 21.7. The van der Waals surface area contributed by atoms with Gasteiger partial charge in [0.25, 0.3) is 0 Å². The first-order valence-electron chi connectivity index (χ1n) is 12.0. The number of carboxylic acid groups (broad SMARTS) is 3. The molecule has 17 heteroatoms. The molecule has 0 aliphatic heterocycles. The van der Waals surface area contributed by atoms with Gasteiger partial charge >= 0.3 is 17.9 Å². The van der Waals surface area contributed by atoms with Crippen LogP contribution in [0.5, 0.6) is 0 Å². The zero-order valence-corrected chi connectivity index (χ0v) is 22.6. The van der Waals surface area contributed by atoms with Crippen LogP contribution < -0.4 is 27.0 Å². The number of rotatable bonds is 18. The number of carbonyl (C=O) groups excluding carboxylic acids is 4. The highest BCUT2D eigenvalue weighted by atomic mass is 32.1. The minimum absolute atomic E-state index is 0.0116. The fraction of sp³-hybridized carbons (Fsp3) is 0.682. The predicted octanol–water partition coefficient (Wildman–Crippen LogP) is -2.97. The molecule has 0 aliphatic rings. The summed E-state index contributed by atoms with van der Waals surface area (Å²) in [6.45, 7) is 4.47. The number of nitrogens with one attached hydrogen (secondary N) is 4. The second-order valence-corrected chi connectivity index (χ2v) is 9.24. The Labute approximate surface area is 229 Å². The minimum atomic E-state index is -1.88. The summed E-state index contributed by atoms with van der Waals surface area (Å²) in [6.07, 6.45) is -3.22. The molecule has 7 atom stereocenters. The summed E-state index contributed by atoms with van der Waals surface area (Å²) >= 11 is 3.94. The SMILES string of the molecule is CC[C@H](C)[C@H](NC(=O)[C@@H](N)CS)C(=O)N[C@@H](CCC(=O)O)C(=O)N[C@H](C(=O)N[C@@H](CC(=O)O)C(=O)O)[C@@H](C)O. The van der Waals surface area contributed by atoms with Crippen molar-refractivity contribution in [2.75, 3.05) is 5.75 Å². The summed E-state index contributed by atoms with van der Waals surface area (Å²) in [7, 11) is 0. The minimum Gasteiger partial charge on any atom is -0.481 e. The first-order valence-corrected chi connectivity index (χ1v) is 12.6. The molecule has 0 aromatic rings. The van der Waals surface area contributed by atoms with Gasteiger partial charge in [-0.25, -0.2) is 4.79 Å². The number of hydrogen-bond acceptors (Lipinski definition) is 10. The van der Waals surface area contributed by atoms with E-state index < -0.39 is 103 Å². The molecule has 0 aromatic heterocycles. The molecule has 0 spiro atoms. The van der Waals surface area contributed by atoms with E-state index in [1.165, 1.54) is 0 Å². The van der Waals surface area contributed by atoms with Crippen molar-refractivity contribution in [3.8, 4) is 0 Å². The fourth-order valence-electron chi connectivity index (χ4n) is 3.14. The van der Waals surface area contributed by atoms with E-state index in [1.807, 2.05) is 5.32 Å². The van der Waals surface area contributed by atoms with E-state index in [0.29, 0.717) is 6.42 Å². The Bertz CT molecular complexity index is 917. The maximum absolute atomic E-state index is 13.1. The zero-order chi connectivity index (χ0) is 30.4. The van der Waals surface area contributed by atoms with Crippen LogP contribution in [0.2, 0.25) is 0 Å². The molecule has 39 heavy (non-hydrogen) atoms. The van der Waals surface area contributed by atoms with E-state index in [9.17, 15) is 38.7 Å². The Hall–Kier alpha value is -3.44. The van der Waals surface area contributed by atoms with Crippen molar-refractivity contribution in [2.45, 2.75) is 82.8 Å². The molecule has 0 aromatic carbocycles. The Morgan fingerprint density at radius 3 is 1.72 bits per heavy atom. The molecule has 0 saturated heterocycles. The molecule has 16 nitrogen and oxygen atoms in total. The number of hydrogen-bond donors (Lipinski definition) is 10. The molecule has 4 amide bonds. The van der Waals surface area contributed by atoms with Crippen molar-refractivity contribution in [1.29, 1.82) is 0 Å². The summed E-state index contributed by atoms with van der Waals surface area (Å²) in [5.41, 5.74) is 5.65. The van der Waals surface area contributed by atoms with Crippen LogP contribution in [0.15, 0.2) is 0 Å². The fourth-order valence-corrected chi connectivity index (χ4v) is 3.30. The molecule has 0 bridgehead atoms. The van der Waals surface area contributed by atoms with Gasteiger partial charge in [-0.2, -0.15) is 12.6 Å². The van der Waals surface area contributed by atoms with Gasteiger partial charge in [-0.1, -0.05) is 20.3 Å². The third-order valence-corrected chi connectivity index (χ3v) is 6.06. The van der Waals surface area contributed by atoms with Crippen LogP contribution in [0.1, 0.15) is 46.5 Å². The maximum atomic E-state index is 13.1. The first-order chi connectivity index (χ1) is 18.0. The topological polar surface area (TPSA) is 275 Å². The average molecular weight is 580 g/mol. The quantitative estimate of drug-likeness (QED) is 0.0729. The van der Waals surface area contributed by atoms with Gasteiger partial charge in [0.1, 0.15) is 24.2 Å². The first kappa shape index (κ1) is 35.6. The molecule has 0 fully saturated rings. The lowest BCUT2D eigenvalue weighted by Crippen LogP contribution is -2.61. The molecule has 0 rings (SSSR count). The number of amides is 4. The van der Waals surface area contributed by atoms with Crippen LogP contribution in [0.25, 0.3) is 0 Å². The highest BCUT2D eigenvalue weighted by Crippen LogP contribution is 2.10. The third-order valence-electron chi connectivity index (χ3n) is 5.66. The van der Waals surface area contributed by atoms with Gasteiger partial charge in [-0.05, 0) is 19.3 Å². The van der Waals surface area contributed by atoms with Crippen molar-refractivity contribution in [1.82, 2.24) is 21.3 Å². The smallest absolute Gasteiger partial charge is 0.326 e. The molecule has 0 aliphatic carbocycles. The monoisotopic (exact) mass is 579 g/mol. The highest BCUT2D eigenvalue weighted by Gasteiger charge is 2.35. The van der Waals surface area contributed by atoms with Crippen LogP contribution in [-0.4, -0.2) is 104 Å². The van der Waals surface area contributed by atoms with Crippen LogP contribution >= 0.6 is 12.6 Å². The number of aliphatic hydroxyl groups is 1. The second-order valence-electron chi connectivity index (χ2n) is 8.88. The number of carboxylic acids is 3. The van der Waals surface area contributed by atoms with E-state index in [2.05, 4.69) is 28.6 Å². The predicted molar refractivity (Wildman–Crippen MR) is 137 cm³/mol. The van der Waals surface area contributed by atoms with E-state index in [0.717, 1.165) is 6.92 Å². The van der Waals surface area contributed by atoms with E-state index in [1.54, 1.807) is 13.8 Å². The lowest BCUT2D eigenvalue weighted by molar-refractivity contribution is -0.148. The highest BCUT2D eigenvalue weighted by molar-refractivity contribution is 7.80. The van der Waals surface area contributed by atoms with Crippen molar-refractivity contribution in [3.63, 3.8) is 0 Å². The lowest BCUT2D eigenvalue weighted by Gasteiger charge is -2.28. The molecule has 0 saturated carbocycles. The van der Waals surface area contributed by atoms with Crippen molar-refractivity contribution < 1.29 is 54.0 Å². The van der Waals surface area contributed by atoms with Gasteiger partial charge in [-0.15, -0.1) is 0 Å². The van der Waals surface area contributed by atoms with Gasteiger partial charge in [0.2, 0.25) is 23.6 Å². The number of aliphatic hydroxyl groups excluding tert-OH is 1. The molecule has 222 valence electrons. The summed E-state index contributed by atoms with van der Waals surface area (Å²) in [5, 5.41) is 45.9. The summed E-state index contributed by atoms with van der Waals surface area (Å²) < 4.78 is 0. The van der Waals surface area contributed by atoms with E-state index in [4.69, 9.17) is 21.1 Å². The Morgan fingerprint density at radius 1 is 0.769 bits per heavy atom. The van der Waals surface area contributed by atoms with Crippen LogP contribution in [0, 0.1) is 5.92 Å². The molecule has 0 heterocycles. The Morgan fingerprint density at radius 2 is 1.28 bits per heavy atom. The molecule has 10 N–H and O–H groups in total. The number of nitrogens with two attached hydrogens (primary N) is 1. The summed E-state index contributed by atoms with van der Waals surface area (Å²) in [6, 6.07) is -7.43. The Balaban J connectivity index is 5.89. The van der Waals surface area contributed by atoms with Gasteiger partial charge in [0.05, 0.1) is 18.6 Å².